The largest absolute Gasteiger partial charge is 2.00 e. The van der Waals surface area contributed by atoms with E-state index in [0.717, 1.165) is 0 Å². The fraction of sp³-hybridized carbons (Fsp3) is 0. The molecule has 0 rings (SSSR count). The summed E-state index contributed by atoms with van der Waals surface area (Å²) in [6.07, 6.45) is -2.14. The summed E-state index contributed by atoms with van der Waals surface area (Å²) in [5.74, 6) is 0. The van der Waals surface area contributed by atoms with Crippen LogP contribution in [0.2, 0.25) is 0 Å². The Hall–Kier alpha value is 0.336. The molecule has 0 aromatic carbocycles. The fourth-order valence-electron chi connectivity index (χ4n) is 0.211. The summed E-state index contributed by atoms with van der Waals surface area (Å²) in [5, 5.41) is 0. The van der Waals surface area contributed by atoms with Gasteiger partial charge in [-0.1, -0.05) is 0 Å². The molecule has 0 fully saturated rings. The summed E-state index contributed by atoms with van der Waals surface area (Å²) in [7, 11) is -10.3. The standard InChI is InChI=1S/CH4O9P2.Mg.2H/c2-1(9-11(3,4)5)10-12(6,7)8;;;/h(H2,3,4,5)(H2,6,7,8);;;/q;+2;2*-1. The first kappa shape index (κ1) is 15.8. The Bertz CT molecular complexity index is 241. The quantitative estimate of drug-likeness (QED) is 0.362. The predicted molar refractivity (Wildman–Crippen MR) is 39.6 cm³/mol. The van der Waals surface area contributed by atoms with Crippen LogP contribution in [0.15, 0.2) is 0 Å². The summed E-state index contributed by atoms with van der Waals surface area (Å²) in [5.41, 5.74) is 0. The van der Waals surface area contributed by atoms with Crippen molar-refractivity contribution in [3.63, 3.8) is 0 Å². The van der Waals surface area contributed by atoms with E-state index in [0.29, 0.717) is 0 Å². The van der Waals surface area contributed by atoms with Crippen LogP contribution in [-0.4, -0.2) is 48.8 Å². The molecule has 0 saturated carbocycles. The van der Waals surface area contributed by atoms with Gasteiger partial charge in [0.1, 0.15) is 0 Å². The molecule has 0 bridgehead atoms. The van der Waals surface area contributed by atoms with Gasteiger partial charge in [-0.15, -0.1) is 0 Å². The van der Waals surface area contributed by atoms with Crippen LogP contribution in [0, 0.1) is 0 Å². The maximum absolute atomic E-state index is 10.0. The fourth-order valence-corrected chi connectivity index (χ4v) is 0.733. The molecule has 0 aliphatic heterocycles. The zero-order valence-electron chi connectivity index (χ0n) is 7.93. The second-order valence-electron chi connectivity index (χ2n) is 1.41. The second-order valence-corrected chi connectivity index (χ2v) is 3.74. The third kappa shape index (κ3) is 12.3. The Morgan fingerprint density at radius 1 is 1.00 bits per heavy atom. The molecule has 0 aliphatic carbocycles. The Morgan fingerprint density at radius 3 is 1.38 bits per heavy atom. The molecule has 0 amide bonds. The molecular weight excluding hydrogens is 242 g/mol. The zero-order chi connectivity index (χ0) is 9.99. The summed E-state index contributed by atoms with van der Waals surface area (Å²) in [6, 6.07) is 0. The van der Waals surface area contributed by atoms with Crippen LogP contribution in [0.5, 0.6) is 0 Å². The number of hydrogen-bond acceptors (Lipinski definition) is 5. The van der Waals surface area contributed by atoms with Gasteiger partial charge < -0.3 is 11.9 Å². The van der Waals surface area contributed by atoms with E-state index < -0.39 is 21.8 Å². The van der Waals surface area contributed by atoms with Crippen LogP contribution >= 0.6 is 15.6 Å². The Balaban J connectivity index is -0.000000202. The number of rotatable bonds is 2. The van der Waals surface area contributed by atoms with E-state index in [1.54, 1.807) is 0 Å². The zero-order valence-corrected chi connectivity index (χ0v) is 9.13. The van der Waals surface area contributed by atoms with Gasteiger partial charge in [0, 0.05) is 0 Å². The Labute approximate surface area is 90.6 Å². The molecule has 0 unspecified atom stereocenters. The Kier molecular flexibility index (Phi) is 6.41. The van der Waals surface area contributed by atoms with Gasteiger partial charge in [-0.25, -0.2) is 13.9 Å². The van der Waals surface area contributed by atoms with Gasteiger partial charge in [-0.05, 0) is 0 Å². The minimum atomic E-state index is -5.13. The maximum atomic E-state index is 10.0. The molecule has 9 nitrogen and oxygen atoms in total. The van der Waals surface area contributed by atoms with Crippen LogP contribution < -0.4 is 0 Å². The smallest absolute Gasteiger partial charge is 1.00 e. The van der Waals surface area contributed by atoms with E-state index in [9.17, 15) is 13.9 Å². The molecule has 12 heteroatoms. The van der Waals surface area contributed by atoms with Crippen LogP contribution in [0.4, 0.5) is 4.79 Å². The molecule has 0 aliphatic rings. The first-order chi connectivity index (χ1) is 5.10. The molecule has 0 aromatic rings. The van der Waals surface area contributed by atoms with Crippen molar-refractivity contribution in [1.29, 1.82) is 0 Å². The summed E-state index contributed by atoms with van der Waals surface area (Å²) < 4.78 is 25.9. The van der Waals surface area contributed by atoms with E-state index in [1.807, 2.05) is 0 Å². The van der Waals surface area contributed by atoms with E-state index in [4.69, 9.17) is 19.6 Å². The number of hydrogen-bond donors (Lipinski definition) is 4. The van der Waals surface area contributed by atoms with Crippen molar-refractivity contribution >= 4 is 44.9 Å². The van der Waals surface area contributed by atoms with Gasteiger partial charge in [0.25, 0.3) is 0 Å². The summed E-state index contributed by atoms with van der Waals surface area (Å²) in [6.45, 7) is 0. The van der Waals surface area contributed by atoms with Crippen molar-refractivity contribution in [3.05, 3.63) is 0 Å². The van der Waals surface area contributed by atoms with Crippen molar-refractivity contribution in [2.75, 3.05) is 0 Å². The van der Waals surface area contributed by atoms with Gasteiger partial charge in [0.05, 0.1) is 0 Å². The monoisotopic (exact) mass is 248 g/mol. The molecule has 0 spiro atoms. The van der Waals surface area contributed by atoms with Crippen molar-refractivity contribution in [2.24, 2.45) is 0 Å². The summed E-state index contributed by atoms with van der Waals surface area (Å²) in [4.78, 5) is 41.7. The molecule has 0 saturated heterocycles. The molecule has 4 N–H and O–H groups in total. The van der Waals surface area contributed by atoms with E-state index in [-0.39, 0.29) is 25.9 Å². The first-order valence-electron chi connectivity index (χ1n) is 2.14. The van der Waals surface area contributed by atoms with Crippen molar-refractivity contribution in [3.8, 4) is 0 Å². The predicted octanol–water partition coefficient (Wildman–Crippen LogP) is -0.831. The van der Waals surface area contributed by atoms with Gasteiger partial charge in [-0.3, -0.25) is 19.6 Å². The third-order valence-corrected chi connectivity index (χ3v) is 1.16. The van der Waals surface area contributed by atoms with E-state index in [2.05, 4.69) is 9.05 Å². The number of phosphoric ester groups is 2. The number of carbonyl (C=O) groups is 1. The number of carbonyl (C=O) groups excluding carboxylic acids is 1. The SMILES string of the molecule is O=C(OP(=O)(O)O)OP(=O)(O)O.[H-].[H-].[Mg+2]. The number of phosphoric acid groups is 2. The minimum Gasteiger partial charge on any atom is -1.00 e. The van der Waals surface area contributed by atoms with Gasteiger partial charge in [-0.2, -0.15) is 0 Å². The molecule has 76 valence electrons. The topological polar surface area (TPSA) is 151 Å². The van der Waals surface area contributed by atoms with Crippen LogP contribution in [-0.2, 0) is 18.2 Å². The average molecular weight is 248 g/mol. The van der Waals surface area contributed by atoms with Crippen LogP contribution in [0.3, 0.4) is 0 Å². The van der Waals surface area contributed by atoms with Crippen LogP contribution in [0.1, 0.15) is 2.85 Å². The van der Waals surface area contributed by atoms with Gasteiger partial charge in [0.2, 0.25) is 0 Å². The molecule has 0 radical (unpaired) electrons. The van der Waals surface area contributed by atoms with Gasteiger partial charge in [0.15, 0.2) is 0 Å². The summed E-state index contributed by atoms with van der Waals surface area (Å²) >= 11 is 0. The Morgan fingerprint density at radius 2 is 1.23 bits per heavy atom. The van der Waals surface area contributed by atoms with Crippen molar-refractivity contribution in [1.82, 2.24) is 0 Å². The van der Waals surface area contributed by atoms with Crippen LogP contribution in [0.25, 0.3) is 0 Å². The maximum Gasteiger partial charge on any atom is 2.00 e. The third-order valence-electron chi connectivity index (χ3n) is 0.387. The molecular formula is CH6MgO9P2. The van der Waals surface area contributed by atoms with E-state index in [1.165, 1.54) is 0 Å². The molecule has 13 heavy (non-hydrogen) atoms. The van der Waals surface area contributed by atoms with Crippen molar-refractivity contribution < 1.29 is 45.4 Å². The normalized spacial score (nSPS) is 11.4. The molecule has 0 atom stereocenters. The molecule has 0 heterocycles. The van der Waals surface area contributed by atoms with E-state index >= 15 is 0 Å². The second kappa shape index (κ2) is 5.27. The van der Waals surface area contributed by atoms with Crippen molar-refractivity contribution in [2.45, 2.75) is 0 Å². The first-order valence-corrected chi connectivity index (χ1v) is 5.20. The van der Waals surface area contributed by atoms with Gasteiger partial charge >= 0.3 is 44.9 Å². The molecule has 0 aromatic heterocycles. The average Bonchev–Trinajstić information content (AvgIpc) is 1.49. The minimum absolute atomic E-state index is 0.